The van der Waals surface area contributed by atoms with E-state index in [1.54, 1.807) is 7.11 Å². The summed E-state index contributed by atoms with van der Waals surface area (Å²) in [6.45, 7) is 1.96. The topological polar surface area (TPSA) is 9.23 Å². The molecule has 0 aliphatic heterocycles. The summed E-state index contributed by atoms with van der Waals surface area (Å²) in [5, 5.41) is 0. The van der Waals surface area contributed by atoms with Crippen molar-refractivity contribution >= 4 is 26.2 Å². The van der Waals surface area contributed by atoms with Crippen molar-refractivity contribution in [2.24, 2.45) is 0 Å². The molecule has 40 valence electrons. The maximum absolute atomic E-state index is 4.71. The average molecular weight is 173 g/mol. The molecular formula is C3H10BrOP. The van der Waals surface area contributed by atoms with Crippen molar-refractivity contribution in [3.63, 3.8) is 0 Å². The van der Waals surface area contributed by atoms with Gasteiger partial charge in [-0.2, -0.15) is 0 Å². The number of rotatable bonds is 1. The third kappa shape index (κ3) is 8.85. The van der Waals surface area contributed by atoms with Gasteiger partial charge in [-0.15, -0.1) is 26.2 Å². The summed E-state index contributed by atoms with van der Waals surface area (Å²) in [5.74, 6) is 0.301. The Bertz CT molecular complexity index is 24.8. The highest BCUT2D eigenvalue weighted by atomic mass is 79.9. The molecule has 0 aliphatic carbocycles. The standard InChI is InChI=1S/C3H9OP.BrH/c1-3(5)4-2;/h3H,5H2,1-2H3;1H. The molecule has 0 radical (unpaired) electrons. The maximum atomic E-state index is 4.71. The molecule has 0 fully saturated rings. The third-order valence-electron chi connectivity index (χ3n) is 0.372. The van der Waals surface area contributed by atoms with E-state index >= 15 is 0 Å². The van der Waals surface area contributed by atoms with Gasteiger partial charge in [0.1, 0.15) is 0 Å². The van der Waals surface area contributed by atoms with Gasteiger partial charge >= 0.3 is 0 Å². The number of hydrogen-bond acceptors (Lipinski definition) is 1. The van der Waals surface area contributed by atoms with Gasteiger partial charge in [0.25, 0.3) is 0 Å². The molecule has 2 atom stereocenters. The van der Waals surface area contributed by atoms with E-state index in [9.17, 15) is 0 Å². The zero-order valence-corrected chi connectivity index (χ0v) is 6.84. The number of ether oxygens (including phenoxy) is 1. The van der Waals surface area contributed by atoms with Crippen LogP contribution in [0.4, 0.5) is 0 Å². The smallest absolute Gasteiger partial charge is 0.0676 e. The molecule has 0 saturated heterocycles. The molecule has 0 spiro atoms. The van der Waals surface area contributed by atoms with Crippen LogP contribution in [0, 0.1) is 0 Å². The van der Waals surface area contributed by atoms with Crippen LogP contribution in [0.15, 0.2) is 0 Å². The van der Waals surface area contributed by atoms with Crippen molar-refractivity contribution < 1.29 is 4.74 Å². The Morgan fingerprint density at radius 1 is 1.67 bits per heavy atom. The van der Waals surface area contributed by atoms with Gasteiger partial charge in [-0.05, 0) is 6.92 Å². The molecule has 0 heterocycles. The van der Waals surface area contributed by atoms with Gasteiger partial charge in [-0.1, -0.05) is 0 Å². The van der Waals surface area contributed by atoms with Gasteiger partial charge in [0.05, 0.1) is 5.85 Å². The van der Waals surface area contributed by atoms with Crippen LogP contribution in [-0.4, -0.2) is 13.0 Å². The van der Waals surface area contributed by atoms with Crippen molar-refractivity contribution in [2.45, 2.75) is 12.8 Å². The van der Waals surface area contributed by atoms with E-state index < -0.39 is 0 Å². The number of hydrogen-bond donors (Lipinski definition) is 0. The maximum Gasteiger partial charge on any atom is 0.0676 e. The van der Waals surface area contributed by atoms with Crippen LogP contribution in [0.5, 0.6) is 0 Å². The van der Waals surface area contributed by atoms with Gasteiger partial charge in [0.2, 0.25) is 0 Å². The van der Waals surface area contributed by atoms with Crippen molar-refractivity contribution in [2.75, 3.05) is 7.11 Å². The van der Waals surface area contributed by atoms with Gasteiger partial charge in [-0.25, -0.2) is 0 Å². The van der Waals surface area contributed by atoms with E-state index in [0.29, 0.717) is 5.85 Å². The van der Waals surface area contributed by atoms with Crippen LogP contribution in [0.25, 0.3) is 0 Å². The molecule has 0 bridgehead atoms. The fraction of sp³-hybridized carbons (Fsp3) is 1.00. The summed E-state index contributed by atoms with van der Waals surface area (Å²) < 4.78 is 4.71. The van der Waals surface area contributed by atoms with E-state index in [4.69, 9.17) is 4.74 Å². The van der Waals surface area contributed by atoms with Gasteiger partial charge in [-0.3, -0.25) is 0 Å². The first-order valence-electron chi connectivity index (χ1n) is 1.55. The van der Waals surface area contributed by atoms with Crippen molar-refractivity contribution in [1.29, 1.82) is 0 Å². The first kappa shape index (κ1) is 9.98. The molecule has 0 aliphatic rings. The zero-order valence-electron chi connectivity index (χ0n) is 3.97. The van der Waals surface area contributed by atoms with Gasteiger partial charge in [0, 0.05) is 7.11 Å². The largest absolute Gasteiger partial charge is 0.378 e. The second-order valence-corrected chi connectivity index (χ2v) is 1.88. The van der Waals surface area contributed by atoms with E-state index in [1.165, 1.54) is 0 Å². The van der Waals surface area contributed by atoms with Gasteiger partial charge < -0.3 is 4.74 Å². The zero-order chi connectivity index (χ0) is 4.28. The predicted octanol–water partition coefficient (Wildman–Crippen LogP) is 1.43. The summed E-state index contributed by atoms with van der Waals surface area (Å²) in [5.41, 5.74) is 0. The van der Waals surface area contributed by atoms with E-state index in [2.05, 4.69) is 9.24 Å². The minimum Gasteiger partial charge on any atom is -0.378 e. The van der Waals surface area contributed by atoms with Crippen molar-refractivity contribution in [1.82, 2.24) is 0 Å². The first-order valence-corrected chi connectivity index (χ1v) is 2.22. The lowest BCUT2D eigenvalue weighted by molar-refractivity contribution is 0.187. The van der Waals surface area contributed by atoms with Crippen molar-refractivity contribution in [3.8, 4) is 0 Å². The second-order valence-electron chi connectivity index (χ2n) is 0.941. The molecule has 0 aromatic carbocycles. The van der Waals surface area contributed by atoms with E-state index in [0.717, 1.165) is 0 Å². The average Bonchev–Trinajstić information content (AvgIpc) is 1.38. The molecule has 0 aromatic rings. The Balaban J connectivity index is 0. The number of methoxy groups -OCH3 is 1. The molecule has 0 amide bonds. The Morgan fingerprint density at radius 2 is 1.83 bits per heavy atom. The Hall–Kier alpha value is 0.870. The minimum absolute atomic E-state index is 0. The van der Waals surface area contributed by atoms with Crippen LogP contribution in [0.1, 0.15) is 6.92 Å². The number of halogens is 1. The molecule has 3 heteroatoms. The lowest BCUT2D eigenvalue weighted by atomic mass is 10.9. The monoisotopic (exact) mass is 172 g/mol. The van der Waals surface area contributed by atoms with E-state index in [-0.39, 0.29) is 17.0 Å². The molecule has 0 aromatic heterocycles. The molecule has 0 rings (SSSR count). The van der Waals surface area contributed by atoms with Crippen LogP contribution in [0.2, 0.25) is 0 Å². The molecule has 0 N–H and O–H groups in total. The Morgan fingerprint density at radius 3 is 1.83 bits per heavy atom. The lowest BCUT2D eigenvalue weighted by Gasteiger charge is -1.94. The van der Waals surface area contributed by atoms with Crippen LogP contribution < -0.4 is 0 Å². The minimum atomic E-state index is 0. The summed E-state index contributed by atoms with van der Waals surface area (Å²) >= 11 is 0. The molecular weight excluding hydrogens is 163 g/mol. The van der Waals surface area contributed by atoms with Gasteiger partial charge in [0.15, 0.2) is 0 Å². The Labute approximate surface area is 51.4 Å². The normalized spacial score (nSPS) is 12.5. The molecule has 0 saturated carbocycles. The fourth-order valence-electron chi connectivity index (χ4n) is 0. The molecule has 2 unspecified atom stereocenters. The van der Waals surface area contributed by atoms with Crippen LogP contribution in [0.3, 0.4) is 0 Å². The SMILES string of the molecule is Br.COC(C)P. The highest BCUT2D eigenvalue weighted by Crippen LogP contribution is 1.94. The van der Waals surface area contributed by atoms with E-state index in [1.807, 2.05) is 6.92 Å². The first-order chi connectivity index (χ1) is 2.27. The fourth-order valence-corrected chi connectivity index (χ4v) is 0. The second kappa shape index (κ2) is 5.87. The summed E-state index contributed by atoms with van der Waals surface area (Å²) in [7, 11) is 4.19. The van der Waals surface area contributed by atoms with Crippen LogP contribution >= 0.6 is 26.2 Å². The quantitative estimate of drug-likeness (QED) is 0.545. The molecule has 1 nitrogen and oxygen atoms in total. The summed E-state index contributed by atoms with van der Waals surface area (Å²) in [4.78, 5) is 0. The lowest BCUT2D eigenvalue weighted by Crippen LogP contribution is -1.88. The summed E-state index contributed by atoms with van der Waals surface area (Å²) in [6, 6.07) is 0. The highest BCUT2D eigenvalue weighted by Gasteiger charge is 1.78. The predicted molar refractivity (Wildman–Crippen MR) is 36.5 cm³/mol. The van der Waals surface area contributed by atoms with Crippen LogP contribution in [-0.2, 0) is 4.74 Å². The molecule has 6 heavy (non-hydrogen) atoms. The third-order valence-corrected chi connectivity index (χ3v) is 0.644. The van der Waals surface area contributed by atoms with Crippen molar-refractivity contribution in [3.05, 3.63) is 0 Å². The highest BCUT2D eigenvalue weighted by molar-refractivity contribution is 8.93. The summed E-state index contributed by atoms with van der Waals surface area (Å²) in [6.07, 6.45) is 0. The Kier molecular flexibility index (Phi) is 9.76.